The molecule has 3 heterocycles. The zero-order chi connectivity index (χ0) is 22.1. The minimum Gasteiger partial charge on any atom is -0.493 e. The average molecular weight is 434 g/mol. The first-order valence-corrected chi connectivity index (χ1v) is 11.3. The summed E-state index contributed by atoms with van der Waals surface area (Å²) in [6.45, 7) is 4.28. The van der Waals surface area contributed by atoms with Crippen molar-refractivity contribution in [2.75, 3.05) is 6.54 Å². The molecule has 3 N–H and O–H groups in total. The standard InChI is InChI=1S/C22H31N3O6/c1-12-3-4-18-22(10-12)5-6-23(11-14-8-15(26)9-17(31-18)19(14)22)24(21(28)29)16-7-13(2)25(30)20(16)27/h5-6,12-16,18,26,30H,3-4,7-11H2,1-2H3,(H,28,29)/t12?,13?,14-,15-,16?,18-,22?/m1/s1. The van der Waals surface area contributed by atoms with Crippen LogP contribution >= 0.6 is 0 Å². The van der Waals surface area contributed by atoms with Crippen LogP contribution in [0.4, 0.5) is 4.79 Å². The van der Waals surface area contributed by atoms with Gasteiger partial charge in [0, 0.05) is 31.5 Å². The van der Waals surface area contributed by atoms with Gasteiger partial charge in [-0.05, 0) is 44.1 Å². The van der Waals surface area contributed by atoms with Gasteiger partial charge in [-0.25, -0.2) is 14.9 Å². The van der Waals surface area contributed by atoms with Crippen LogP contribution in [0.15, 0.2) is 23.6 Å². The molecule has 0 bridgehead atoms. The molecule has 9 heteroatoms. The van der Waals surface area contributed by atoms with Gasteiger partial charge in [-0.3, -0.25) is 15.0 Å². The van der Waals surface area contributed by atoms with E-state index in [4.69, 9.17) is 4.74 Å². The van der Waals surface area contributed by atoms with Crippen molar-refractivity contribution in [3.05, 3.63) is 23.6 Å². The van der Waals surface area contributed by atoms with Crippen LogP contribution < -0.4 is 0 Å². The van der Waals surface area contributed by atoms with Gasteiger partial charge in [0.25, 0.3) is 5.91 Å². The van der Waals surface area contributed by atoms with Crippen LogP contribution in [0.2, 0.25) is 0 Å². The number of aliphatic hydroxyl groups is 1. The highest BCUT2D eigenvalue weighted by atomic mass is 16.5. The van der Waals surface area contributed by atoms with Crippen LogP contribution in [-0.2, 0) is 9.53 Å². The molecule has 1 saturated heterocycles. The Morgan fingerprint density at radius 2 is 2.06 bits per heavy atom. The summed E-state index contributed by atoms with van der Waals surface area (Å²) >= 11 is 0. The van der Waals surface area contributed by atoms with E-state index in [9.17, 15) is 25.0 Å². The second-order valence-corrected chi connectivity index (χ2v) is 10.0. The summed E-state index contributed by atoms with van der Waals surface area (Å²) in [5, 5.41) is 33.8. The number of carbonyl (C=O) groups excluding carboxylic acids is 1. The van der Waals surface area contributed by atoms with Crippen molar-refractivity contribution in [2.45, 2.75) is 76.7 Å². The molecule has 2 amide bonds. The highest BCUT2D eigenvalue weighted by Gasteiger charge is 2.57. The molecule has 2 aliphatic carbocycles. The molecule has 5 rings (SSSR count). The summed E-state index contributed by atoms with van der Waals surface area (Å²) in [5.74, 6) is 0.724. The Hall–Kier alpha value is -2.26. The molecule has 0 aromatic rings. The Kier molecular flexibility index (Phi) is 4.75. The van der Waals surface area contributed by atoms with Crippen LogP contribution in [0.3, 0.4) is 0 Å². The third kappa shape index (κ3) is 3.04. The molecule has 3 aliphatic heterocycles. The Balaban J connectivity index is 1.55. The summed E-state index contributed by atoms with van der Waals surface area (Å²) in [6.07, 6.45) is 6.35. The summed E-state index contributed by atoms with van der Waals surface area (Å²) in [6, 6.07) is -1.42. The maximum atomic E-state index is 12.6. The second-order valence-electron chi connectivity index (χ2n) is 10.0. The smallest absolute Gasteiger partial charge is 0.427 e. The lowest BCUT2D eigenvalue weighted by atomic mass is 9.61. The van der Waals surface area contributed by atoms with Gasteiger partial charge >= 0.3 is 6.09 Å². The first-order valence-electron chi connectivity index (χ1n) is 11.3. The molecule has 1 spiro atoms. The lowest BCUT2D eigenvalue weighted by molar-refractivity contribution is -0.168. The van der Waals surface area contributed by atoms with Gasteiger partial charge < -0.3 is 14.9 Å². The molecule has 170 valence electrons. The number of ether oxygens (including phenoxy) is 1. The maximum absolute atomic E-state index is 12.6. The van der Waals surface area contributed by atoms with E-state index in [2.05, 4.69) is 13.0 Å². The van der Waals surface area contributed by atoms with Gasteiger partial charge in [-0.2, -0.15) is 0 Å². The van der Waals surface area contributed by atoms with Gasteiger partial charge in [0.15, 0.2) is 0 Å². The zero-order valence-electron chi connectivity index (χ0n) is 18.0. The van der Waals surface area contributed by atoms with Crippen LogP contribution in [0.1, 0.15) is 52.4 Å². The third-order valence-corrected chi connectivity index (χ3v) is 7.87. The first kappa shape index (κ1) is 20.6. The third-order valence-electron chi connectivity index (χ3n) is 7.87. The van der Waals surface area contributed by atoms with E-state index in [0.29, 0.717) is 30.4 Å². The molecule has 31 heavy (non-hydrogen) atoms. The number of hydroxylamine groups is 2. The molecule has 1 saturated carbocycles. The molecule has 7 atom stereocenters. The largest absolute Gasteiger partial charge is 0.493 e. The highest BCUT2D eigenvalue weighted by Crippen LogP contribution is 2.59. The lowest BCUT2D eigenvalue weighted by Gasteiger charge is -2.42. The number of aliphatic hydroxyl groups excluding tert-OH is 1. The molecule has 2 fully saturated rings. The fourth-order valence-corrected chi connectivity index (χ4v) is 6.57. The van der Waals surface area contributed by atoms with E-state index >= 15 is 0 Å². The number of amides is 2. The number of rotatable bonds is 2. The monoisotopic (exact) mass is 433 g/mol. The van der Waals surface area contributed by atoms with Crippen molar-refractivity contribution >= 4 is 12.0 Å². The number of hydrazine groups is 1. The van der Waals surface area contributed by atoms with Gasteiger partial charge in [0.2, 0.25) is 0 Å². The van der Waals surface area contributed by atoms with Gasteiger partial charge in [0.1, 0.15) is 12.1 Å². The molecule has 0 radical (unpaired) electrons. The van der Waals surface area contributed by atoms with Crippen LogP contribution in [0, 0.1) is 17.3 Å². The zero-order valence-corrected chi connectivity index (χ0v) is 18.0. The summed E-state index contributed by atoms with van der Waals surface area (Å²) in [7, 11) is 0. The van der Waals surface area contributed by atoms with E-state index in [1.54, 1.807) is 18.1 Å². The molecule has 0 aromatic heterocycles. The van der Waals surface area contributed by atoms with Gasteiger partial charge in [-0.15, -0.1) is 0 Å². The van der Waals surface area contributed by atoms with Crippen molar-refractivity contribution in [3.63, 3.8) is 0 Å². The normalized spacial score (nSPS) is 41.6. The summed E-state index contributed by atoms with van der Waals surface area (Å²) in [5.41, 5.74) is 0.931. The minimum atomic E-state index is -1.23. The number of nitrogens with zero attached hydrogens (tertiary/aromatic N) is 3. The van der Waals surface area contributed by atoms with E-state index in [0.717, 1.165) is 30.0 Å². The summed E-state index contributed by atoms with van der Waals surface area (Å²) < 4.78 is 6.36. The Labute approximate surface area is 181 Å². The van der Waals surface area contributed by atoms with Crippen LogP contribution in [0.25, 0.3) is 0 Å². The number of hydrogen-bond donors (Lipinski definition) is 3. The first-order chi connectivity index (χ1) is 14.7. The fourth-order valence-electron chi connectivity index (χ4n) is 6.57. The second kappa shape index (κ2) is 7.13. The van der Waals surface area contributed by atoms with Crippen LogP contribution in [0.5, 0.6) is 0 Å². The quantitative estimate of drug-likeness (QED) is 0.573. The van der Waals surface area contributed by atoms with E-state index in [-0.39, 0.29) is 23.9 Å². The van der Waals surface area contributed by atoms with E-state index in [1.807, 2.05) is 0 Å². The molecule has 5 aliphatic rings. The number of hydrogen-bond acceptors (Lipinski definition) is 6. The Bertz CT molecular complexity index is 858. The lowest BCUT2D eigenvalue weighted by Crippen LogP contribution is -2.53. The van der Waals surface area contributed by atoms with Crippen molar-refractivity contribution < 1.29 is 29.7 Å². The fraction of sp³-hybridized carbons (Fsp3) is 0.727. The molecule has 9 nitrogen and oxygen atoms in total. The van der Waals surface area contributed by atoms with Crippen molar-refractivity contribution in [2.24, 2.45) is 17.3 Å². The Morgan fingerprint density at radius 3 is 2.74 bits per heavy atom. The van der Waals surface area contributed by atoms with Crippen LogP contribution in [-0.4, -0.2) is 73.3 Å². The van der Waals surface area contributed by atoms with Gasteiger partial charge in [-0.1, -0.05) is 13.0 Å². The maximum Gasteiger partial charge on any atom is 0.427 e. The van der Waals surface area contributed by atoms with E-state index in [1.165, 1.54) is 5.57 Å². The molecular weight excluding hydrogens is 402 g/mol. The van der Waals surface area contributed by atoms with Crippen molar-refractivity contribution in [1.82, 2.24) is 15.1 Å². The van der Waals surface area contributed by atoms with Gasteiger partial charge in [0.05, 0.1) is 23.3 Å². The number of carbonyl (C=O) groups is 2. The molecular formula is C22H31N3O6. The minimum absolute atomic E-state index is 0.0112. The molecule has 0 aromatic carbocycles. The van der Waals surface area contributed by atoms with E-state index < -0.39 is 30.2 Å². The highest BCUT2D eigenvalue weighted by molar-refractivity contribution is 5.86. The number of carboxylic acid groups (broad SMARTS) is 1. The SMILES string of the molecule is CC1CC[C@H]2OC3=C4[C@H](C[C@@H](O)C3)CN(N(C(=O)O)C3CC(C)N(O)C3=O)C=CC42C1. The Morgan fingerprint density at radius 1 is 1.29 bits per heavy atom. The van der Waals surface area contributed by atoms with Crippen molar-refractivity contribution in [3.8, 4) is 0 Å². The average Bonchev–Trinajstić information content (AvgIpc) is 3.08. The predicted octanol–water partition coefficient (Wildman–Crippen LogP) is 2.32. The predicted molar refractivity (Wildman–Crippen MR) is 108 cm³/mol. The topological polar surface area (TPSA) is 114 Å². The molecule has 4 unspecified atom stereocenters. The van der Waals surface area contributed by atoms with Crippen molar-refractivity contribution in [1.29, 1.82) is 0 Å². The summed E-state index contributed by atoms with van der Waals surface area (Å²) in [4.78, 5) is 24.9.